The third-order valence-electron chi connectivity index (χ3n) is 4.91. The summed E-state index contributed by atoms with van der Waals surface area (Å²) in [6, 6.07) is 7.65. The maximum absolute atomic E-state index is 12.2. The number of hydrogen-bond acceptors (Lipinski definition) is 3. The third kappa shape index (κ3) is 3.96. The Balaban J connectivity index is 1.89. The number of carbonyl (C=O) groups is 1. The van der Waals surface area contributed by atoms with Gasteiger partial charge in [0.05, 0.1) is 5.69 Å². The number of aliphatic hydroxyl groups excluding tert-OH is 1. The molecule has 22 heavy (non-hydrogen) atoms. The van der Waals surface area contributed by atoms with Crippen LogP contribution < -0.4 is 10.6 Å². The van der Waals surface area contributed by atoms with Gasteiger partial charge in [-0.3, -0.25) is 0 Å². The van der Waals surface area contributed by atoms with Crippen LogP contribution in [0.3, 0.4) is 0 Å². The first kappa shape index (κ1) is 17.2. The summed E-state index contributed by atoms with van der Waals surface area (Å²) in [7, 11) is 0. The average Bonchev–Trinajstić information content (AvgIpc) is 2.47. The van der Waals surface area contributed by atoms with Crippen molar-refractivity contribution in [3.05, 3.63) is 24.3 Å². The van der Waals surface area contributed by atoms with Crippen molar-refractivity contribution in [2.45, 2.75) is 37.5 Å². The molecule has 1 aliphatic carbocycles. The van der Waals surface area contributed by atoms with E-state index in [4.69, 9.17) is 5.11 Å². The number of urea groups is 1. The molecule has 1 aliphatic rings. The van der Waals surface area contributed by atoms with Crippen LogP contribution in [0.25, 0.3) is 0 Å². The minimum Gasteiger partial charge on any atom is -0.396 e. The monoisotopic (exact) mass is 322 g/mol. The number of carbonyl (C=O) groups excluding carboxylic acids is 1. The second kappa shape index (κ2) is 7.88. The fourth-order valence-corrected chi connectivity index (χ4v) is 3.70. The molecule has 2 amide bonds. The van der Waals surface area contributed by atoms with E-state index in [1.807, 2.05) is 30.5 Å². The fourth-order valence-electron chi connectivity index (χ4n) is 3.15. The van der Waals surface area contributed by atoms with E-state index >= 15 is 0 Å². The number of hydrogen-bond donors (Lipinski definition) is 3. The van der Waals surface area contributed by atoms with Crippen molar-refractivity contribution < 1.29 is 9.90 Å². The number of rotatable bonds is 7. The zero-order valence-corrected chi connectivity index (χ0v) is 14.2. The normalized spacial score (nSPS) is 17.4. The van der Waals surface area contributed by atoms with Gasteiger partial charge in [-0.15, -0.1) is 11.8 Å². The van der Waals surface area contributed by atoms with E-state index in [-0.39, 0.29) is 18.1 Å². The van der Waals surface area contributed by atoms with Crippen LogP contribution >= 0.6 is 11.8 Å². The van der Waals surface area contributed by atoms with Gasteiger partial charge in [0.25, 0.3) is 0 Å². The van der Waals surface area contributed by atoms with E-state index in [0.717, 1.165) is 29.8 Å². The number of aliphatic hydroxyl groups is 1. The van der Waals surface area contributed by atoms with Crippen LogP contribution in [0.15, 0.2) is 29.2 Å². The van der Waals surface area contributed by atoms with Crippen molar-refractivity contribution in [2.75, 3.05) is 24.7 Å². The van der Waals surface area contributed by atoms with Gasteiger partial charge in [0.15, 0.2) is 0 Å². The van der Waals surface area contributed by atoms with Crippen LogP contribution in [0.5, 0.6) is 0 Å². The van der Waals surface area contributed by atoms with E-state index in [9.17, 15) is 4.79 Å². The second-order valence-electron chi connectivity index (χ2n) is 6.14. The highest BCUT2D eigenvalue weighted by Gasteiger charge is 2.41. The Labute approximate surface area is 137 Å². The lowest BCUT2D eigenvalue weighted by Crippen LogP contribution is -2.47. The molecule has 5 heteroatoms. The van der Waals surface area contributed by atoms with Crippen molar-refractivity contribution in [2.24, 2.45) is 11.3 Å². The summed E-state index contributed by atoms with van der Waals surface area (Å²) in [5.41, 5.74) is 1.01. The van der Waals surface area contributed by atoms with E-state index in [0.29, 0.717) is 12.5 Å². The molecule has 0 spiro atoms. The summed E-state index contributed by atoms with van der Waals surface area (Å²) < 4.78 is 0. The van der Waals surface area contributed by atoms with Crippen LogP contribution in [-0.2, 0) is 0 Å². The molecule has 0 heterocycles. The summed E-state index contributed by atoms with van der Waals surface area (Å²) in [5, 5.41) is 15.1. The lowest BCUT2D eigenvalue weighted by molar-refractivity contribution is 0.0462. The maximum Gasteiger partial charge on any atom is 0.319 e. The van der Waals surface area contributed by atoms with E-state index in [1.165, 1.54) is 6.42 Å². The quantitative estimate of drug-likeness (QED) is 0.671. The Bertz CT molecular complexity index is 503. The van der Waals surface area contributed by atoms with Crippen molar-refractivity contribution in [1.82, 2.24) is 5.32 Å². The number of benzene rings is 1. The summed E-state index contributed by atoms with van der Waals surface area (Å²) in [6.45, 7) is 3.08. The van der Waals surface area contributed by atoms with Crippen molar-refractivity contribution in [3.63, 3.8) is 0 Å². The Kier molecular flexibility index (Phi) is 6.15. The van der Waals surface area contributed by atoms with Gasteiger partial charge in [-0.1, -0.05) is 25.5 Å². The van der Waals surface area contributed by atoms with Gasteiger partial charge in [-0.05, 0) is 49.0 Å². The van der Waals surface area contributed by atoms with Gasteiger partial charge in [-0.25, -0.2) is 4.79 Å². The summed E-state index contributed by atoms with van der Waals surface area (Å²) in [4.78, 5) is 13.2. The molecule has 1 aromatic rings. The average molecular weight is 322 g/mol. The van der Waals surface area contributed by atoms with Gasteiger partial charge in [-0.2, -0.15) is 0 Å². The first-order valence-corrected chi connectivity index (χ1v) is 9.12. The van der Waals surface area contributed by atoms with Crippen molar-refractivity contribution in [3.8, 4) is 0 Å². The lowest BCUT2D eigenvalue weighted by atomic mass is 9.60. The molecule has 1 unspecified atom stereocenters. The standard InChI is InChI=1S/C17H26N2O2S/c1-13(8-11-20)17(9-5-10-17)12-18-16(21)19-14-6-3-4-7-15(14)22-2/h3-4,6-7,13,20H,5,8-12H2,1-2H3,(H2,18,19,21). The minimum absolute atomic E-state index is 0.149. The molecule has 3 N–H and O–H groups in total. The first-order valence-electron chi connectivity index (χ1n) is 7.90. The molecule has 4 nitrogen and oxygen atoms in total. The highest BCUT2D eigenvalue weighted by atomic mass is 32.2. The van der Waals surface area contributed by atoms with Crippen LogP contribution in [0.2, 0.25) is 0 Å². The smallest absolute Gasteiger partial charge is 0.319 e. The molecule has 1 atom stereocenters. The Hall–Kier alpha value is -1.20. The van der Waals surface area contributed by atoms with E-state index in [2.05, 4.69) is 17.6 Å². The van der Waals surface area contributed by atoms with Crippen molar-refractivity contribution in [1.29, 1.82) is 0 Å². The fraction of sp³-hybridized carbons (Fsp3) is 0.588. The first-order chi connectivity index (χ1) is 10.6. The number of para-hydroxylation sites is 1. The van der Waals surface area contributed by atoms with Gasteiger partial charge < -0.3 is 15.7 Å². The largest absolute Gasteiger partial charge is 0.396 e. The predicted octanol–water partition coefficient (Wildman–Crippen LogP) is 3.72. The van der Waals surface area contributed by atoms with Gasteiger partial charge in [0.1, 0.15) is 0 Å². The second-order valence-corrected chi connectivity index (χ2v) is 6.99. The third-order valence-corrected chi connectivity index (χ3v) is 5.71. The SMILES string of the molecule is CSc1ccccc1NC(=O)NCC1(C(C)CCO)CCC1. The zero-order chi connectivity index (χ0) is 16.0. The van der Waals surface area contributed by atoms with Gasteiger partial charge in [0, 0.05) is 18.0 Å². The zero-order valence-electron chi connectivity index (χ0n) is 13.4. The summed E-state index contributed by atoms with van der Waals surface area (Å²) in [6.07, 6.45) is 6.29. The molecule has 2 rings (SSSR count). The molecule has 0 radical (unpaired) electrons. The molecule has 1 saturated carbocycles. The number of nitrogens with one attached hydrogen (secondary N) is 2. The Morgan fingerprint density at radius 2 is 2.14 bits per heavy atom. The molecule has 1 aromatic carbocycles. The van der Waals surface area contributed by atoms with E-state index in [1.54, 1.807) is 11.8 Å². The highest BCUT2D eigenvalue weighted by Crippen LogP contribution is 2.47. The van der Waals surface area contributed by atoms with Crippen LogP contribution in [0, 0.1) is 11.3 Å². The van der Waals surface area contributed by atoms with Gasteiger partial charge >= 0.3 is 6.03 Å². The van der Waals surface area contributed by atoms with Crippen LogP contribution in [0.1, 0.15) is 32.6 Å². The molecular formula is C17H26N2O2S. The van der Waals surface area contributed by atoms with Crippen LogP contribution in [0.4, 0.5) is 10.5 Å². The molecular weight excluding hydrogens is 296 g/mol. The lowest BCUT2D eigenvalue weighted by Gasteiger charge is -2.46. The summed E-state index contributed by atoms with van der Waals surface area (Å²) in [5.74, 6) is 0.435. The predicted molar refractivity (Wildman–Crippen MR) is 92.4 cm³/mol. The number of amides is 2. The topological polar surface area (TPSA) is 61.4 Å². The number of anilines is 1. The molecule has 0 aromatic heterocycles. The Morgan fingerprint density at radius 1 is 1.41 bits per heavy atom. The highest BCUT2D eigenvalue weighted by molar-refractivity contribution is 7.98. The van der Waals surface area contributed by atoms with Gasteiger partial charge in [0.2, 0.25) is 0 Å². The maximum atomic E-state index is 12.2. The molecule has 0 aliphatic heterocycles. The summed E-state index contributed by atoms with van der Waals surface area (Å²) >= 11 is 1.62. The number of thioether (sulfide) groups is 1. The molecule has 0 bridgehead atoms. The minimum atomic E-state index is -0.149. The van der Waals surface area contributed by atoms with E-state index < -0.39 is 0 Å². The molecule has 122 valence electrons. The van der Waals surface area contributed by atoms with Crippen molar-refractivity contribution >= 4 is 23.5 Å². The molecule has 0 saturated heterocycles. The van der Waals surface area contributed by atoms with Crippen LogP contribution in [-0.4, -0.2) is 30.5 Å². The molecule has 1 fully saturated rings. The Morgan fingerprint density at radius 3 is 2.73 bits per heavy atom.